The Balaban J connectivity index is 1.58. The van der Waals surface area contributed by atoms with Gasteiger partial charge in [-0.2, -0.15) is 13.2 Å². The molecular formula is C22H16F4N2O4S. The Morgan fingerprint density at radius 1 is 1.18 bits per heavy atom. The summed E-state index contributed by atoms with van der Waals surface area (Å²) in [6.45, 7) is 3.61. The van der Waals surface area contributed by atoms with Crippen LogP contribution in [0, 0.1) is 19.7 Å². The SMILES string of the molecule is Cc1cc(OCc2sc(-c3ccc(C(F)(F)F)c(F)c3)nc2C)c2oc(CC(=O)O)nc2c1. The van der Waals surface area contributed by atoms with E-state index in [9.17, 15) is 22.4 Å². The molecule has 6 nitrogen and oxygen atoms in total. The molecule has 2 heterocycles. The number of alkyl halides is 3. The van der Waals surface area contributed by atoms with Gasteiger partial charge in [-0.1, -0.05) is 6.07 Å². The number of nitrogens with zero attached hydrogens (tertiary/aromatic N) is 2. The summed E-state index contributed by atoms with van der Waals surface area (Å²) in [5.41, 5.74) is 1.08. The third-order valence-corrected chi connectivity index (χ3v) is 5.90. The van der Waals surface area contributed by atoms with E-state index in [-0.39, 0.29) is 24.5 Å². The van der Waals surface area contributed by atoms with Crippen molar-refractivity contribution >= 4 is 28.4 Å². The van der Waals surface area contributed by atoms with Crippen LogP contribution in [0.1, 0.15) is 27.6 Å². The molecule has 0 bridgehead atoms. The molecule has 2 aromatic heterocycles. The van der Waals surface area contributed by atoms with Crippen LogP contribution in [-0.4, -0.2) is 21.0 Å². The minimum absolute atomic E-state index is 0.0496. The summed E-state index contributed by atoms with van der Waals surface area (Å²) in [5, 5.41) is 9.31. The Hall–Kier alpha value is -3.47. The number of fused-ring (bicyclic) bond motifs is 1. The van der Waals surface area contributed by atoms with Gasteiger partial charge in [0, 0.05) is 5.56 Å². The molecule has 0 spiro atoms. The van der Waals surface area contributed by atoms with Crippen LogP contribution < -0.4 is 4.74 Å². The van der Waals surface area contributed by atoms with E-state index in [2.05, 4.69) is 9.97 Å². The van der Waals surface area contributed by atoms with Crippen LogP contribution in [-0.2, 0) is 24.0 Å². The van der Waals surface area contributed by atoms with Gasteiger partial charge in [0.25, 0.3) is 0 Å². The summed E-state index contributed by atoms with van der Waals surface area (Å²) < 4.78 is 63.8. The fourth-order valence-corrected chi connectivity index (χ4v) is 4.17. The van der Waals surface area contributed by atoms with Crippen molar-refractivity contribution in [3.63, 3.8) is 0 Å². The predicted molar refractivity (Wildman–Crippen MR) is 112 cm³/mol. The maximum absolute atomic E-state index is 14.0. The van der Waals surface area contributed by atoms with Gasteiger partial charge in [0.15, 0.2) is 11.3 Å². The van der Waals surface area contributed by atoms with Gasteiger partial charge < -0.3 is 14.3 Å². The van der Waals surface area contributed by atoms with E-state index in [4.69, 9.17) is 14.3 Å². The quantitative estimate of drug-likeness (QED) is 0.344. The normalized spacial score (nSPS) is 11.8. The molecule has 4 rings (SSSR count). The van der Waals surface area contributed by atoms with Crippen molar-refractivity contribution in [2.45, 2.75) is 33.1 Å². The molecule has 4 aromatic rings. The molecule has 0 aliphatic carbocycles. The Morgan fingerprint density at radius 2 is 1.94 bits per heavy atom. The third-order valence-electron chi connectivity index (χ3n) is 4.72. The van der Waals surface area contributed by atoms with Crippen LogP contribution in [0.2, 0.25) is 0 Å². The standard InChI is InChI=1S/C22H16F4N2O4S/c1-10-5-15-20(32-18(28-15)8-19(29)30)16(6-10)31-9-17-11(2)27-21(33-17)12-3-4-13(14(23)7-12)22(24,25)26/h3-7H,8-9H2,1-2H3,(H,29,30). The molecule has 172 valence electrons. The van der Waals surface area contributed by atoms with E-state index >= 15 is 0 Å². The van der Waals surface area contributed by atoms with Crippen LogP contribution >= 0.6 is 11.3 Å². The second-order valence-electron chi connectivity index (χ2n) is 7.30. The number of carboxylic acids is 1. The minimum Gasteiger partial charge on any atom is -0.484 e. The third kappa shape index (κ3) is 4.82. The lowest BCUT2D eigenvalue weighted by atomic mass is 10.1. The van der Waals surface area contributed by atoms with Crippen molar-refractivity contribution in [1.29, 1.82) is 0 Å². The van der Waals surface area contributed by atoms with Crippen LogP contribution in [0.15, 0.2) is 34.7 Å². The molecular weight excluding hydrogens is 464 g/mol. The van der Waals surface area contributed by atoms with E-state index in [0.717, 1.165) is 11.6 Å². The maximum Gasteiger partial charge on any atom is 0.419 e. The Bertz CT molecular complexity index is 1360. The molecule has 2 aromatic carbocycles. The van der Waals surface area contributed by atoms with Crippen LogP contribution in [0.5, 0.6) is 5.75 Å². The second kappa shape index (κ2) is 8.47. The molecule has 0 aliphatic rings. The zero-order chi connectivity index (χ0) is 23.9. The highest BCUT2D eigenvalue weighted by Gasteiger charge is 2.34. The van der Waals surface area contributed by atoms with E-state index in [1.807, 2.05) is 6.92 Å². The number of aromatic nitrogens is 2. The maximum atomic E-state index is 14.0. The first-order valence-corrected chi connectivity index (χ1v) is 10.4. The first-order valence-electron chi connectivity index (χ1n) is 9.59. The van der Waals surface area contributed by atoms with Crippen molar-refractivity contribution in [2.75, 3.05) is 0 Å². The summed E-state index contributed by atoms with van der Waals surface area (Å²) >= 11 is 1.17. The minimum atomic E-state index is -4.77. The number of carbonyl (C=O) groups is 1. The fraction of sp³-hybridized carbons (Fsp3) is 0.227. The van der Waals surface area contributed by atoms with Crippen molar-refractivity contribution in [3.8, 4) is 16.3 Å². The van der Waals surface area contributed by atoms with E-state index < -0.39 is 23.5 Å². The topological polar surface area (TPSA) is 85.5 Å². The Labute approximate surface area is 188 Å². The highest BCUT2D eigenvalue weighted by molar-refractivity contribution is 7.15. The van der Waals surface area contributed by atoms with Crippen molar-refractivity contribution in [3.05, 3.63) is 63.7 Å². The summed E-state index contributed by atoms with van der Waals surface area (Å²) in [7, 11) is 0. The number of aryl methyl sites for hydroxylation is 2. The lowest BCUT2D eigenvalue weighted by molar-refractivity contribution is -0.140. The molecule has 0 atom stereocenters. The highest BCUT2D eigenvalue weighted by atomic mass is 32.1. The van der Waals surface area contributed by atoms with Gasteiger partial charge in [0.2, 0.25) is 5.89 Å². The van der Waals surface area contributed by atoms with Crippen LogP contribution in [0.3, 0.4) is 0 Å². The van der Waals surface area contributed by atoms with Gasteiger partial charge >= 0.3 is 12.1 Å². The summed E-state index contributed by atoms with van der Waals surface area (Å²) in [4.78, 5) is 20.1. The fourth-order valence-electron chi connectivity index (χ4n) is 3.20. The number of aliphatic carboxylic acids is 1. The lowest BCUT2D eigenvalue weighted by Gasteiger charge is -2.08. The Morgan fingerprint density at radius 3 is 2.61 bits per heavy atom. The molecule has 0 unspecified atom stereocenters. The largest absolute Gasteiger partial charge is 0.484 e. The average molecular weight is 480 g/mol. The lowest BCUT2D eigenvalue weighted by Crippen LogP contribution is -2.07. The molecule has 0 aliphatic heterocycles. The zero-order valence-corrected chi connectivity index (χ0v) is 18.1. The van der Waals surface area contributed by atoms with Gasteiger partial charge in [-0.05, 0) is 43.7 Å². The monoisotopic (exact) mass is 480 g/mol. The van der Waals surface area contributed by atoms with E-state index in [1.54, 1.807) is 19.1 Å². The molecule has 0 radical (unpaired) electrons. The predicted octanol–water partition coefficient (Wildman–Crippen LogP) is 5.93. The first-order chi connectivity index (χ1) is 15.5. The summed E-state index contributed by atoms with van der Waals surface area (Å²) in [6, 6.07) is 6.15. The number of thiazole rings is 1. The zero-order valence-electron chi connectivity index (χ0n) is 17.3. The Kier molecular flexibility index (Phi) is 5.83. The first kappa shape index (κ1) is 22.7. The molecule has 0 amide bonds. The van der Waals surface area contributed by atoms with Crippen LogP contribution in [0.25, 0.3) is 21.7 Å². The van der Waals surface area contributed by atoms with Gasteiger partial charge in [-0.15, -0.1) is 11.3 Å². The number of halogens is 4. The number of hydrogen-bond donors (Lipinski definition) is 1. The number of ether oxygens (including phenoxy) is 1. The number of benzene rings is 2. The molecule has 1 N–H and O–H groups in total. The number of rotatable bonds is 6. The van der Waals surface area contributed by atoms with Crippen molar-refractivity contribution in [2.24, 2.45) is 0 Å². The van der Waals surface area contributed by atoms with Gasteiger partial charge in [-0.3, -0.25) is 4.79 Å². The van der Waals surface area contributed by atoms with Gasteiger partial charge in [0.1, 0.15) is 29.4 Å². The second-order valence-corrected chi connectivity index (χ2v) is 8.38. The molecule has 0 saturated carbocycles. The summed E-state index contributed by atoms with van der Waals surface area (Å²) in [6.07, 6.45) is -5.14. The van der Waals surface area contributed by atoms with E-state index in [0.29, 0.717) is 38.5 Å². The molecule has 33 heavy (non-hydrogen) atoms. The van der Waals surface area contributed by atoms with Gasteiger partial charge in [0.05, 0.1) is 16.1 Å². The number of carboxylic acid groups (broad SMARTS) is 1. The van der Waals surface area contributed by atoms with Gasteiger partial charge in [-0.25, -0.2) is 14.4 Å². The van der Waals surface area contributed by atoms with E-state index in [1.165, 1.54) is 17.4 Å². The molecule has 0 fully saturated rings. The molecule has 0 saturated heterocycles. The summed E-state index contributed by atoms with van der Waals surface area (Å²) in [5.74, 6) is -2.03. The highest BCUT2D eigenvalue weighted by Crippen LogP contribution is 2.36. The number of hydrogen-bond acceptors (Lipinski definition) is 6. The van der Waals surface area contributed by atoms with Crippen molar-refractivity contribution in [1.82, 2.24) is 9.97 Å². The van der Waals surface area contributed by atoms with Crippen molar-refractivity contribution < 1.29 is 36.6 Å². The average Bonchev–Trinajstić information content (AvgIpc) is 3.27. The number of oxazole rings is 1. The smallest absolute Gasteiger partial charge is 0.419 e. The van der Waals surface area contributed by atoms with Crippen LogP contribution in [0.4, 0.5) is 17.6 Å². The molecule has 11 heteroatoms.